The van der Waals surface area contributed by atoms with Gasteiger partial charge in [-0.05, 0) is 37.9 Å². The van der Waals surface area contributed by atoms with Gasteiger partial charge in [0.2, 0.25) is 0 Å². The summed E-state index contributed by atoms with van der Waals surface area (Å²) in [6.45, 7) is 3.55. The van der Waals surface area contributed by atoms with Gasteiger partial charge in [0.1, 0.15) is 0 Å². The third-order valence-electron chi connectivity index (χ3n) is 3.28. The van der Waals surface area contributed by atoms with Crippen molar-refractivity contribution in [1.29, 1.82) is 0 Å². The minimum Gasteiger partial charge on any atom is -0.481 e. The molecule has 13 heavy (non-hydrogen) atoms. The highest BCUT2D eigenvalue weighted by Crippen LogP contribution is 2.28. The molecule has 2 saturated heterocycles. The Morgan fingerprint density at radius 2 is 2.08 bits per heavy atom. The van der Waals surface area contributed by atoms with Crippen LogP contribution in [0.3, 0.4) is 0 Å². The van der Waals surface area contributed by atoms with Crippen molar-refractivity contribution in [3.05, 3.63) is 0 Å². The number of fused-ring (bicyclic) bond motifs is 1. The molecule has 74 valence electrons. The lowest BCUT2D eigenvalue weighted by Gasteiger charge is -2.40. The molecule has 0 aliphatic carbocycles. The van der Waals surface area contributed by atoms with Crippen LogP contribution in [0.25, 0.3) is 0 Å². The first-order valence-corrected chi connectivity index (χ1v) is 4.93. The van der Waals surface area contributed by atoms with E-state index in [1.54, 1.807) is 0 Å². The van der Waals surface area contributed by atoms with Crippen LogP contribution in [0.15, 0.2) is 0 Å². The number of aliphatic carboxylic acids is 1. The maximum atomic E-state index is 10.9. The van der Waals surface area contributed by atoms with E-state index < -0.39 is 5.97 Å². The van der Waals surface area contributed by atoms with Gasteiger partial charge in [-0.1, -0.05) is 0 Å². The molecule has 0 aromatic rings. The molecule has 2 heterocycles. The Kier molecular flexibility index (Phi) is 2.51. The van der Waals surface area contributed by atoms with Gasteiger partial charge in [-0.15, -0.1) is 0 Å². The van der Waals surface area contributed by atoms with Crippen LogP contribution in [0.2, 0.25) is 0 Å². The van der Waals surface area contributed by atoms with Crippen LogP contribution < -0.4 is 10.6 Å². The third kappa shape index (κ3) is 1.69. The van der Waals surface area contributed by atoms with E-state index in [0.29, 0.717) is 18.4 Å². The number of rotatable bonds is 1. The molecule has 0 aromatic heterocycles. The average molecular weight is 184 g/mol. The summed E-state index contributed by atoms with van der Waals surface area (Å²) < 4.78 is 0. The summed E-state index contributed by atoms with van der Waals surface area (Å²) in [6, 6.07) is 0. The molecule has 3 unspecified atom stereocenters. The SMILES string of the molecule is O=C(O)C1CNCC2CCNCC21. The first-order valence-electron chi connectivity index (χ1n) is 4.93. The highest BCUT2D eigenvalue weighted by atomic mass is 16.4. The molecule has 4 heteroatoms. The van der Waals surface area contributed by atoms with E-state index in [1.165, 1.54) is 0 Å². The Labute approximate surface area is 77.7 Å². The van der Waals surface area contributed by atoms with E-state index in [4.69, 9.17) is 5.11 Å². The van der Waals surface area contributed by atoms with Crippen LogP contribution in [0.5, 0.6) is 0 Å². The van der Waals surface area contributed by atoms with Crippen molar-refractivity contribution in [3.8, 4) is 0 Å². The molecule has 2 fully saturated rings. The zero-order valence-corrected chi connectivity index (χ0v) is 7.62. The summed E-state index contributed by atoms with van der Waals surface area (Å²) in [5.41, 5.74) is 0. The van der Waals surface area contributed by atoms with E-state index in [1.807, 2.05) is 0 Å². The molecule has 0 radical (unpaired) electrons. The van der Waals surface area contributed by atoms with Crippen LogP contribution in [0, 0.1) is 17.8 Å². The second kappa shape index (κ2) is 3.64. The van der Waals surface area contributed by atoms with Gasteiger partial charge >= 0.3 is 5.97 Å². The van der Waals surface area contributed by atoms with Gasteiger partial charge in [0.05, 0.1) is 5.92 Å². The fraction of sp³-hybridized carbons (Fsp3) is 0.889. The second-order valence-electron chi connectivity index (χ2n) is 4.02. The molecule has 0 bridgehead atoms. The Balaban J connectivity index is 2.06. The molecule has 2 aliphatic rings. The summed E-state index contributed by atoms with van der Waals surface area (Å²) in [5, 5.41) is 15.5. The molecule has 3 N–H and O–H groups in total. The van der Waals surface area contributed by atoms with Crippen molar-refractivity contribution >= 4 is 5.97 Å². The fourth-order valence-corrected chi connectivity index (χ4v) is 2.51. The number of nitrogens with one attached hydrogen (secondary N) is 2. The minimum atomic E-state index is -0.647. The van der Waals surface area contributed by atoms with E-state index in [9.17, 15) is 4.79 Å². The van der Waals surface area contributed by atoms with Gasteiger partial charge in [0.25, 0.3) is 0 Å². The Hall–Kier alpha value is -0.610. The van der Waals surface area contributed by atoms with Gasteiger partial charge in [-0.25, -0.2) is 0 Å². The highest BCUT2D eigenvalue weighted by molar-refractivity contribution is 5.71. The first kappa shape index (κ1) is 8.97. The Morgan fingerprint density at radius 3 is 2.85 bits per heavy atom. The normalized spacial score (nSPS) is 39.5. The quantitative estimate of drug-likeness (QED) is 0.515. The number of carboxylic acid groups (broad SMARTS) is 1. The standard InChI is InChI=1S/C9H16N2O2/c12-9(13)8-5-11-3-6-1-2-10-4-7(6)8/h6-8,10-11H,1-5H2,(H,12,13). The van der Waals surface area contributed by atoms with Crippen molar-refractivity contribution in [1.82, 2.24) is 10.6 Å². The van der Waals surface area contributed by atoms with Crippen LogP contribution in [0.4, 0.5) is 0 Å². The maximum absolute atomic E-state index is 10.9. The maximum Gasteiger partial charge on any atom is 0.308 e. The Bertz CT molecular complexity index is 206. The van der Waals surface area contributed by atoms with E-state index in [-0.39, 0.29) is 5.92 Å². The monoisotopic (exact) mass is 184 g/mol. The summed E-state index contributed by atoms with van der Waals surface area (Å²) >= 11 is 0. The molecular weight excluding hydrogens is 168 g/mol. The predicted octanol–water partition coefficient (Wildman–Crippen LogP) is -0.484. The third-order valence-corrected chi connectivity index (χ3v) is 3.28. The van der Waals surface area contributed by atoms with Crippen LogP contribution in [0.1, 0.15) is 6.42 Å². The van der Waals surface area contributed by atoms with Crippen LogP contribution in [-0.4, -0.2) is 37.3 Å². The smallest absolute Gasteiger partial charge is 0.308 e. The minimum absolute atomic E-state index is 0.188. The van der Waals surface area contributed by atoms with Crippen molar-refractivity contribution in [3.63, 3.8) is 0 Å². The highest BCUT2D eigenvalue weighted by Gasteiger charge is 2.38. The zero-order valence-electron chi connectivity index (χ0n) is 7.62. The second-order valence-corrected chi connectivity index (χ2v) is 4.02. The number of carbonyl (C=O) groups is 1. The number of hydrogen-bond donors (Lipinski definition) is 3. The summed E-state index contributed by atoms with van der Waals surface area (Å²) in [6.07, 6.45) is 1.11. The van der Waals surface area contributed by atoms with E-state index >= 15 is 0 Å². The van der Waals surface area contributed by atoms with Gasteiger partial charge in [-0.2, -0.15) is 0 Å². The molecule has 0 amide bonds. The lowest BCUT2D eigenvalue weighted by atomic mass is 9.75. The average Bonchev–Trinajstić information content (AvgIpc) is 2.17. The van der Waals surface area contributed by atoms with Crippen LogP contribution >= 0.6 is 0 Å². The number of piperidine rings is 2. The van der Waals surface area contributed by atoms with E-state index in [2.05, 4.69) is 10.6 Å². The van der Waals surface area contributed by atoms with Crippen molar-refractivity contribution in [2.24, 2.45) is 17.8 Å². The molecule has 0 saturated carbocycles. The molecule has 0 spiro atoms. The Morgan fingerprint density at radius 1 is 1.23 bits per heavy atom. The fourth-order valence-electron chi connectivity index (χ4n) is 2.51. The lowest BCUT2D eigenvalue weighted by molar-refractivity contribution is -0.145. The van der Waals surface area contributed by atoms with Gasteiger partial charge in [0.15, 0.2) is 0 Å². The topological polar surface area (TPSA) is 61.4 Å². The van der Waals surface area contributed by atoms with Crippen molar-refractivity contribution < 1.29 is 9.90 Å². The van der Waals surface area contributed by atoms with Crippen molar-refractivity contribution in [2.75, 3.05) is 26.2 Å². The summed E-state index contributed by atoms with van der Waals surface area (Å²) in [5.74, 6) is 0.0704. The summed E-state index contributed by atoms with van der Waals surface area (Å²) in [4.78, 5) is 10.9. The van der Waals surface area contributed by atoms with Gasteiger partial charge in [0, 0.05) is 6.54 Å². The molecule has 3 atom stereocenters. The predicted molar refractivity (Wildman–Crippen MR) is 48.5 cm³/mol. The molecule has 0 aromatic carbocycles. The van der Waals surface area contributed by atoms with Gasteiger partial charge < -0.3 is 15.7 Å². The number of carboxylic acids is 1. The van der Waals surface area contributed by atoms with Crippen LogP contribution in [-0.2, 0) is 4.79 Å². The largest absolute Gasteiger partial charge is 0.481 e. The molecule has 2 rings (SSSR count). The number of hydrogen-bond acceptors (Lipinski definition) is 3. The van der Waals surface area contributed by atoms with E-state index in [0.717, 1.165) is 26.1 Å². The molecular formula is C9H16N2O2. The molecule has 4 nitrogen and oxygen atoms in total. The first-order chi connectivity index (χ1) is 6.29. The van der Waals surface area contributed by atoms with Gasteiger partial charge in [-0.3, -0.25) is 4.79 Å². The van der Waals surface area contributed by atoms with Crippen molar-refractivity contribution in [2.45, 2.75) is 6.42 Å². The molecule has 2 aliphatic heterocycles. The summed E-state index contributed by atoms with van der Waals surface area (Å²) in [7, 11) is 0. The lowest BCUT2D eigenvalue weighted by Crippen LogP contribution is -2.53. The zero-order chi connectivity index (χ0) is 9.26.